The van der Waals surface area contributed by atoms with Gasteiger partial charge in [-0.05, 0) is 24.3 Å². The monoisotopic (exact) mass is 349 g/mol. The maximum absolute atomic E-state index is 12.2. The zero-order valence-corrected chi connectivity index (χ0v) is 12.6. The Morgan fingerprint density at radius 1 is 1.04 bits per heavy atom. The molecule has 24 heavy (non-hydrogen) atoms. The Morgan fingerprint density at radius 3 is 2.33 bits per heavy atom. The van der Waals surface area contributed by atoms with Gasteiger partial charge in [-0.1, -0.05) is 0 Å². The topological polar surface area (TPSA) is 137 Å². The molecular formula is C15H9O8S-. The van der Waals surface area contributed by atoms with Gasteiger partial charge in [-0.2, -0.15) is 0 Å². The lowest BCUT2D eigenvalue weighted by molar-refractivity contribution is 0.371. The van der Waals surface area contributed by atoms with E-state index in [0.717, 1.165) is 18.2 Å². The Kier molecular flexibility index (Phi) is 3.66. The third-order valence-corrected chi connectivity index (χ3v) is 3.53. The van der Waals surface area contributed by atoms with Crippen molar-refractivity contribution in [3.63, 3.8) is 0 Å². The zero-order chi connectivity index (χ0) is 17.5. The third kappa shape index (κ3) is 3.16. The average Bonchev–Trinajstić information content (AvgIpc) is 2.45. The lowest BCUT2D eigenvalue weighted by Crippen LogP contribution is -2.07. The molecule has 0 bridgehead atoms. The van der Waals surface area contributed by atoms with Crippen LogP contribution < -0.4 is 9.61 Å². The summed E-state index contributed by atoms with van der Waals surface area (Å²) in [4.78, 5) is 12.2. The van der Waals surface area contributed by atoms with Crippen molar-refractivity contribution in [1.29, 1.82) is 0 Å². The summed E-state index contributed by atoms with van der Waals surface area (Å²) in [6.45, 7) is 0. The van der Waals surface area contributed by atoms with Gasteiger partial charge >= 0.3 is 0 Å². The fraction of sp³-hybridized carbons (Fsp3) is 0. The van der Waals surface area contributed by atoms with Crippen molar-refractivity contribution in [2.75, 3.05) is 0 Å². The molecule has 1 heterocycles. The summed E-state index contributed by atoms with van der Waals surface area (Å²) in [6, 6.07) is 8.76. The molecule has 0 saturated carbocycles. The molecule has 3 aromatic rings. The van der Waals surface area contributed by atoms with Gasteiger partial charge in [0.15, 0.2) is 5.43 Å². The van der Waals surface area contributed by atoms with Gasteiger partial charge in [-0.25, -0.2) is 8.42 Å². The highest BCUT2D eigenvalue weighted by Gasteiger charge is 2.14. The Labute approximate surface area is 135 Å². The van der Waals surface area contributed by atoms with E-state index in [-0.39, 0.29) is 22.5 Å². The van der Waals surface area contributed by atoms with Crippen LogP contribution in [-0.4, -0.2) is 23.2 Å². The summed E-state index contributed by atoms with van der Waals surface area (Å²) in [5, 5.41) is 19.0. The van der Waals surface area contributed by atoms with Gasteiger partial charge < -0.3 is 23.4 Å². The molecule has 0 radical (unpaired) electrons. The molecule has 124 valence electrons. The maximum atomic E-state index is 12.2. The van der Waals surface area contributed by atoms with Crippen LogP contribution in [0.15, 0.2) is 51.7 Å². The van der Waals surface area contributed by atoms with Crippen molar-refractivity contribution >= 4 is 21.4 Å². The van der Waals surface area contributed by atoms with Crippen LogP contribution in [0.3, 0.4) is 0 Å². The minimum atomic E-state index is -5.05. The van der Waals surface area contributed by atoms with Gasteiger partial charge in [0.1, 0.15) is 34.0 Å². The molecule has 0 aliphatic heterocycles. The standard InChI is InChI=1S/C15H10O8S/c16-9-3-1-8(2-4-9)13-7-12(18)15-11(17)5-10(6-14(15)22-13)23-24(19,20)21/h1-7,16-17H,(H,19,20,21)/p-1. The second-order valence-electron chi connectivity index (χ2n) is 4.83. The molecule has 0 atom stereocenters. The molecule has 0 unspecified atom stereocenters. The van der Waals surface area contributed by atoms with Crippen molar-refractivity contribution in [3.05, 3.63) is 52.7 Å². The number of rotatable bonds is 3. The van der Waals surface area contributed by atoms with E-state index < -0.39 is 27.3 Å². The van der Waals surface area contributed by atoms with Crippen LogP contribution in [0.2, 0.25) is 0 Å². The molecule has 9 heteroatoms. The molecule has 2 aromatic carbocycles. The minimum Gasteiger partial charge on any atom is -0.716 e. The summed E-state index contributed by atoms with van der Waals surface area (Å²) < 4.78 is 41.6. The molecule has 0 amide bonds. The number of hydrogen-bond donors (Lipinski definition) is 2. The largest absolute Gasteiger partial charge is 0.716 e. The zero-order valence-electron chi connectivity index (χ0n) is 11.8. The van der Waals surface area contributed by atoms with Crippen molar-refractivity contribution < 1.29 is 31.8 Å². The van der Waals surface area contributed by atoms with Crippen LogP contribution in [0.4, 0.5) is 0 Å². The number of hydrogen-bond acceptors (Lipinski definition) is 8. The third-order valence-electron chi connectivity index (χ3n) is 3.13. The maximum Gasteiger partial charge on any atom is 0.262 e. The van der Waals surface area contributed by atoms with Crippen LogP contribution in [0.25, 0.3) is 22.3 Å². The van der Waals surface area contributed by atoms with Crippen LogP contribution in [0.5, 0.6) is 17.2 Å². The molecule has 8 nitrogen and oxygen atoms in total. The molecule has 0 aliphatic carbocycles. The van der Waals surface area contributed by atoms with Gasteiger partial charge in [0.25, 0.3) is 10.4 Å². The summed E-state index contributed by atoms with van der Waals surface area (Å²) in [5.74, 6) is -0.928. The molecule has 0 saturated heterocycles. The molecule has 0 aliphatic rings. The second kappa shape index (κ2) is 5.55. The van der Waals surface area contributed by atoms with E-state index in [0.29, 0.717) is 5.56 Å². The van der Waals surface area contributed by atoms with Crippen molar-refractivity contribution in [1.82, 2.24) is 0 Å². The number of phenolic OH excluding ortho intramolecular Hbond substituents is 2. The first-order chi connectivity index (χ1) is 11.2. The Morgan fingerprint density at radius 2 is 1.71 bits per heavy atom. The lowest BCUT2D eigenvalue weighted by Gasteiger charge is -2.10. The average molecular weight is 349 g/mol. The van der Waals surface area contributed by atoms with Gasteiger partial charge in [-0.15, -0.1) is 0 Å². The van der Waals surface area contributed by atoms with E-state index in [1.165, 1.54) is 24.3 Å². The van der Waals surface area contributed by atoms with E-state index >= 15 is 0 Å². The smallest absolute Gasteiger partial charge is 0.262 e. The van der Waals surface area contributed by atoms with E-state index in [1.54, 1.807) is 0 Å². The highest BCUT2D eigenvalue weighted by atomic mass is 32.3. The van der Waals surface area contributed by atoms with Gasteiger partial charge in [0.2, 0.25) is 0 Å². The highest BCUT2D eigenvalue weighted by Crippen LogP contribution is 2.31. The van der Waals surface area contributed by atoms with Gasteiger partial charge in [0.05, 0.1) is 0 Å². The quantitative estimate of drug-likeness (QED) is 0.538. The minimum absolute atomic E-state index is 0.0240. The van der Waals surface area contributed by atoms with Crippen LogP contribution >= 0.6 is 0 Å². The van der Waals surface area contributed by atoms with Gasteiger partial charge in [-0.3, -0.25) is 4.79 Å². The molecule has 1 aromatic heterocycles. The molecule has 0 spiro atoms. The predicted octanol–water partition coefficient (Wildman–Crippen LogP) is 1.71. The fourth-order valence-electron chi connectivity index (χ4n) is 2.18. The highest BCUT2D eigenvalue weighted by molar-refractivity contribution is 7.81. The summed E-state index contributed by atoms with van der Waals surface area (Å²) in [6.07, 6.45) is 0. The van der Waals surface area contributed by atoms with E-state index in [9.17, 15) is 28.0 Å². The summed E-state index contributed by atoms with van der Waals surface area (Å²) in [7, 11) is -5.05. The lowest BCUT2D eigenvalue weighted by atomic mass is 10.1. The SMILES string of the molecule is O=c1cc(-c2ccc(O)cc2)oc2cc(OS(=O)(=O)[O-])cc(O)c12. The van der Waals surface area contributed by atoms with E-state index in [2.05, 4.69) is 4.18 Å². The number of aromatic hydroxyl groups is 2. The van der Waals surface area contributed by atoms with Crippen molar-refractivity contribution in [2.24, 2.45) is 0 Å². The Bertz CT molecular complexity index is 1080. The van der Waals surface area contributed by atoms with E-state index in [1.807, 2.05) is 0 Å². The number of fused-ring (bicyclic) bond motifs is 1. The summed E-state index contributed by atoms with van der Waals surface area (Å²) >= 11 is 0. The predicted molar refractivity (Wildman–Crippen MR) is 81.6 cm³/mol. The first-order valence-electron chi connectivity index (χ1n) is 6.48. The normalized spacial score (nSPS) is 11.5. The fourth-order valence-corrected chi connectivity index (χ4v) is 2.51. The molecular weight excluding hydrogens is 340 g/mol. The van der Waals surface area contributed by atoms with Crippen LogP contribution in [0, 0.1) is 0 Å². The van der Waals surface area contributed by atoms with Crippen LogP contribution in [0.1, 0.15) is 0 Å². The molecule has 2 N–H and O–H groups in total. The number of benzene rings is 2. The van der Waals surface area contributed by atoms with Crippen LogP contribution in [-0.2, 0) is 10.4 Å². The van der Waals surface area contributed by atoms with E-state index in [4.69, 9.17) is 4.42 Å². The van der Waals surface area contributed by atoms with Crippen molar-refractivity contribution in [2.45, 2.75) is 0 Å². The van der Waals surface area contributed by atoms with Crippen molar-refractivity contribution in [3.8, 4) is 28.6 Å². The first-order valence-corrected chi connectivity index (χ1v) is 7.82. The number of phenols is 2. The Hall–Kier alpha value is -3.04. The summed E-state index contributed by atoms with van der Waals surface area (Å²) in [5.41, 5.74) is -0.272. The first kappa shape index (κ1) is 15.8. The molecule has 0 fully saturated rings. The molecule has 3 rings (SSSR count). The van der Waals surface area contributed by atoms with Gasteiger partial charge in [0, 0.05) is 23.8 Å². The Balaban J connectivity index is 2.21. The second-order valence-corrected chi connectivity index (χ2v) is 5.81.